The SMILES string of the molecule is CCCCCCCCCC1OC1C. The normalized spacial score (nSPS) is 26.3. The van der Waals surface area contributed by atoms with Crippen molar-refractivity contribution in [1.82, 2.24) is 0 Å². The minimum absolute atomic E-state index is 0.570. The number of rotatable bonds is 8. The number of hydrogen-bond donors (Lipinski definition) is 0. The van der Waals surface area contributed by atoms with Crippen LogP contribution in [-0.4, -0.2) is 12.2 Å². The largest absolute Gasteiger partial charge is 0.370 e. The van der Waals surface area contributed by atoms with E-state index in [1.807, 2.05) is 0 Å². The maximum Gasteiger partial charge on any atom is 0.0839 e. The molecule has 2 atom stereocenters. The van der Waals surface area contributed by atoms with Gasteiger partial charge in [0.05, 0.1) is 12.2 Å². The number of epoxide rings is 1. The highest BCUT2D eigenvalue weighted by molar-refractivity contribution is 4.79. The number of unbranched alkanes of at least 4 members (excludes halogenated alkanes) is 6. The van der Waals surface area contributed by atoms with Gasteiger partial charge in [-0.15, -0.1) is 0 Å². The Labute approximate surface area is 82.9 Å². The van der Waals surface area contributed by atoms with Gasteiger partial charge in [0.1, 0.15) is 0 Å². The predicted octanol–water partition coefficient (Wildman–Crippen LogP) is 3.91. The second-order valence-electron chi connectivity index (χ2n) is 4.29. The topological polar surface area (TPSA) is 12.5 Å². The summed E-state index contributed by atoms with van der Waals surface area (Å²) >= 11 is 0. The molecule has 2 unspecified atom stereocenters. The van der Waals surface area contributed by atoms with Gasteiger partial charge in [0.25, 0.3) is 0 Å². The van der Waals surface area contributed by atoms with Crippen LogP contribution in [0, 0.1) is 0 Å². The molecule has 1 saturated heterocycles. The van der Waals surface area contributed by atoms with E-state index in [2.05, 4.69) is 13.8 Å². The van der Waals surface area contributed by atoms with E-state index in [9.17, 15) is 0 Å². The van der Waals surface area contributed by atoms with Gasteiger partial charge in [0, 0.05) is 0 Å². The van der Waals surface area contributed by atoms with Crippen LogP contribution in [0.25, 0.3) is 0 Å². The monoisotopic (exact) mass is 184 g/mol. The Bertz CT molecular complexity index is 122. The van der Waals surface area contributed by atoms with Gasteiger partial charge < -0.3 is 4.74 Å². The first-order valence-corrected chi connectivity index (χ1v) is 6.00. The molecule has 1 aliphatic heterocycles. The summed E-state index contributed by atoms with van der Waals surface area (Å²) in [5.41, 5.74) is 0. The fraction of sp³-hybridized carbons (Fsp3) is 1.00. The fourth-order valence-electron chi connectivity index (χ4n) is 1.84. The Balaban J connectivity index is 1.69. The molecule has 13 heavy (non-hydrogen) atoms. The maximum atomic E-state index is 5.36. The molecule has 0 spiro atoms. The Morgan fingerprint density at radius 1 is 0.923 bits per heavy atom. The molecule has 0 aromatic rings. The zero-order chi connectivity index (χ0) is 9.52. The average molecular weight is 184 g/mol. The van der Waals surface area contributed by atoms with Gasteiger partial charge in [0.2, 0.25) is 0 Å². The lowest BCUT2D eigenvalue weighted by molar-refractivity contribution is 0.364. The minimum atomic E-state index is 0.570. The van der Waals surface area contributed by atoms with Gasteiger partial charge in [0.15, 0.2) is 0 Å². The van der Waals surface area contributed by atoms with Gasteiger partial charge in [-0.3, -0.25) is 0 Å². The molecule has 1 aliphatic rings. The molecular weight excluding hydrogens is 160 g/mol. The highest BCUT2D eigenvalue weighted by atomic mass is 16.6. The van der Waals surface area contributed by atoms with E-state index in [4.69, 9.17) is 4.74 Å². The first kappa shape index (κ1) is 11.0. The van der Waals surface area contributed by atoms with Crippen LogP contribution < -0.4 is 0 Å². The van der Waals surface area contributed by atoms with Crippen LogP contribution in [0.1, 0.15) is 65.2 Å². The Morgan fingerprint density at radius 2 is 1.46 bits per heavy atom. The van der Waals surface area contributed by atoms with Crippen molar-refractivity contribution in [2.24, 2.45) is 0 Å². The van der Waals surface area contributed by atoms with Crippen LogP contribution in [0.4, 0.5) is 0 Å². The van der Waals surface area contributed by atoms with Crippen LogP contribution in [0.15, 0.2) is 0 Å². The quantitative estimate of drug-likeness (QED) is 0.411. The Kier molecular flexibility index (Phi) is 5.45. The molecule has 0 amide bonds. The number of ether oxygens (including phenoxy) is 1. The van der Waals surface area contributed by atoms with Crippen molar-refractivity contribution in [2.45, 2.75) is 77.4 Å². The van der Waals surface area contributed by atoms with E-state index in [0.717, 1.165) is 0 Å². The summed E-state index contributed by atoms with van der Waals surface area (Å²) in [5.74, 6) is 0. The molecule has 1 rings (SSSR count). The molecule has 0 saturated carbocycles. The van der Waals surface area contributed by atoms with E-state index in [-0.39, 0.29) is 0 Å². The second kappa shape index (κ2) is 6.42. The Morgan fingerprint density at radius 3 is 2.00 bits per heavy atom. The first-order valence-electron chi connectivity index (χ1n) is 6.00. The molecule has 0 aromatic heterocycles. The number of hydrogen-bond acceptors (Lipinski definition) is 1. The smallest absolute Gasteiger partial charge is 0.0839 e. The van der Waals surface area contributed by atoms with E-state index < -0.39 is 0 Å². The second-order valence-corrected chi connectivity index (χ2v) is 4.29. The van der Waals surface area contributed by atoms with E-state index in [1.165, 1.54) is 51.4 Å². The maximum absolute atomic E-state index is 5.36. The third-order valence-electron chi connectivity index (χ3n) is 2.93. The Hall–Kier alpha value is -0.0400. The summed E-state index contributed by atoms with van der Waals surface area (Å²) in [6.07, 6.45) is 12.4. The van der Waals surface area contributed by atoms with Crippen LogP contribution in [0.2, 0.25) is 0 Å². The highest BCUT2D eigenvalue weighted by Crippen LogP contribution is 2.26. The van der Waals surface area contributed by atoms with Gasteiger partial charge in [-0.25, -0.2) is 0 Å². The molecule has 1 heteroatoms. The van der Waals surface area contributed by atoms with Gasteiger partial charge in [-0.05, 0) is 13.3 Å². The lowest BCUT2D eigenvalue weighted by Gasteiger charge is -1.99. The lowest BCUT2D eigenvalue weighted by Crippen LogP contribution is -1.89. The molecule has 0 aliphatic carbocycles. The molecule has 0 N–H and O–H groups in total. The molecule has 0 aromatic carbocycles. The lowest BCUT2D eigenvalue weighted by atomic mass is 10.1. The molecule has 1 heterocycles. The van der Waals surface area contributed by atoms with Gasteiger partial charge in [-0.1, -0.05) is 51.9 Å². The van der Waals surface area contributed by atoms with Crippen molar-refractivity contribution >= 4 is 0 Å². The zero-order valence-corrected chi connectivity index (χ0v) is 9.22. The molecule has 0 radical (unpaired) electrons. The fourth-order valence-corrected chi connectivity index (χ4v) is 1.84. The van der Waals surface area contributed by atoms with Crippen molar-refractivity contribution in [3.63, 3.8) is 0 Å². The third kappa shape index (κ3) is 5.30. The van der Waals surface area contributed by atoms with Gasteiger partial charge >= 0.3 is 0 Å². The molecule has 0 bridgehead atoms. The molecule has 1 fully saturated rings. The third-order valence-corrected chi connectivity index (χ3v) is 2.93. The highest BCUT2D eigenvalue weighted by Gasteiger charge is 2.32. The molecule has 78 valence electrons. The summed E-state index contributed by atoms with van der Waals surface area (Å²) in [4.78, 5) is 0. The summed E-state index contributed by atoms with van der Waals surface area (Å²) in [5, 5.41) is 0. The predicted molar refractivity (Wildman–Crippen MR) is 56.9 cm³/mol. The van der Waals surface area contributed by atoms with E-state index in [0.29, 0.717) is 12.2 Å². The summed E-state index contributed by atoms with van der Waals surface area (Å²) in [6, 6.07) is 0. The zero-order valence-electron chi connectivity index (χ0n) is 9.22. The van der Waals surface area contributed by atoms with Crippen molar-refractivity contribution < 1.29 is 4.74 Å². The van der Waals surface area contributed by atoms with Crippen molar-refractivity contribution in [3.05, 3.63) is 0 Å². The minimum Gasteiger partial charge on any atom is -0.370 e. The van der Waals surface area contributed by atoms with E-state index in [1.54, 1.807) is 0 Å². The molecule has 1 nitrogen and oxygen atoms in total. The van der Waals surface area contributed by atoms with Crippen LogP contribution >= 0.6 is 0 Å². The van der Waals surface area contributed by atoms with Crippen molar-refractivity contribution in [1.29, 1.82) is 0 Å². The first-order chi connectivity index (χ1) is 6.34. The summed E-state index contributed by atoms with van der Waals surface area (Å²) < 4.78 is 5.36. The average Bonchev–Trinajstić information content (AvgIpc) is 2.81. The van der Waals surface area contributed by atoms with Crippen LogP contribution in [0.3, 0.4) is 0 Å². The van der Waals surface area contributed by atoms with E-state index >= 15 is 0 Å². The van der Waals surface area contributed by atoms with Gasteiger partial charge in [-0.2, -0.15) is 0 Å². The van der Waals surface area contributed by atoms with Crippen LogP contribution in [0.5, 0.6) is 0 Å². The van der Waals surface area contributed by atoms with Crippen molar-refractivity contribution in [2.75, 3.05) is 0 Å². The van der Waals surface area contributed by atoms with Crippen molar-refractivity contribution in [3.8, 4) is 0 Å². The van der Waals surface area contributed by atoms with Crippen LogP contribution in [-0.2, 0) is 4.74 Å². The summed E-state index contributed by atoms with van der Waals surface area (Å²) in [6.45, 7) is 4.44. The summed E-state index contributed by atoms with van der Waals surface area (Å²) in [7, 11) is 0. The molecular formula is C12H24O. The standard InChI is InChI=1S/C12H24O/c1-3-4-5-6-7-8-9-10-12-11(2)13-12/h11-12H,3-10H2,1-2H3.